The molecule has 32 heavy (non-hydrogen) atoms. The largest absolute Gasteiger partial charge is 0.419 e. The molecule has 0 fully saturated rings. The third-order valence-electron chi connectivity index (χ3n) is 4.82. The number of hydrogen-bond donors (Lipinski definition) is 3. The van der Waals surface area contributed by atoms with Gasteiger partial charge in [-0.05, 0) is 18.6 Å². The van der Waals surface area contributed by atoms with Crippen LogP contribution in [-0.4, -0.2) is 39.0 Å². The van der Waals surface area contributed by atoms with Crippen LogP contribution in [0.3, 0.4) is 0 Å². The molecule has 0 spiro atoms. The van der Waals surface area contributed by atoms with Gasteiger partial charge in [0.15, 0.2) is 0 Å². The number of benzene rings is 1. The van der Waals surface area contributed by atoms with Crippen LogP contribution in [0.25, 0.3) is 16.8 Å². The van der Waals surface area contributed by atoms with E-state index >= 15 is 0 Å². The Bertz CT molecular complexity index is 1240. The molecule has 2 heterocycles. The average molecular weight is 461 g/mol. The van der Waals surface area contributed by atoms with Crippen molar-refractivity contribution in [3.05, 3.63) is 63.5 Å². The van der Waals surface area contributed by atoms with E-state index in [1.165, 1.54) is 19.1 Å². The Labute approximate surface area is 176 Å². The molecule has 6 nitrogen and oxygen atoms in total. The molecule has 0 radical (unpaired) electrons. The van der Waals surface area contributed by atoms with Crippen LogP contribution in [0.15, 0.2) is 35.4 Å². The number of nitrogens with one attached hydrogen (secondary N) is 2. The van der Waals surface area contributed by atoms with E-state index in [4.69, 9.17) is 0 Å². The molecule has 2 aromatic heterocycles. The van der Waals surface area contributed by atoms with Crippen LogP contribution in [-0.2, 0) is 6.18 Å². The lowest BCUT2D eigenvalue weighted by Crippen LogP contribution is -2.41. The van der Waals surface area contributed by atoms with E-state index in [0.29, 0.717) is 18.7 Å². The van der Waals surface area contributed by atoms with Gasteiger partial charge in [-0.1, -0.05) is 12.1 Å². The van der Waals surface area contributed by atoms with Gasteiger partial charge in [-0.25, -0.2) is 13.2 Å². The predicted molar refractivity (Wildman–Crippen MR) is 102 cm³/mol. The number of rotatable bonds is 5. The third kappa shape index (κ3) is 4.49. The summed E-state index contributed by atoms with van der Waals surface area (Å²) in [6.07, 6.45) is -5.68. The average Bonchev–Trinajstić information content (AvgIpc) is 3.08. The van der Waals surface area contributed by atoms with E-state index in [1.807, 2.05) is 5.32 Å². The maximum absolute atomic E-state index is 13.9. The highest BCUT2D eigenvalue weighted by Crippen LogP contribution is 2.35. The number of nitrogens with zero attached hydrogens (tertiary/aromatic N) is 1. The van der Waals surface area contributed by atoms with Crippen molar-refractivity contribution in [2.24, 2.45) is 0 Å². The summed E-state index contributed by atoms with van der Waals surface area (Å²) in [7, 11) is 0. The summed E-state index contributed by atoms with van der Waals surface area (Å²) in [6, 6.07) is 3.95. The highest BCUT2D eigenvalue weighted by atomic mass is 19.4. The molecule has 0 bridgehead atoms. The highest BCUT2D eigenvalue weighted by Gasteiger charge is 2.40. The molecular weight excluding hydrogens is 444 g/mol. The van der Waals surface area contributed by atoms with Gasteiger partial charge in [0.05, 0.1) is 16.8 Å². The summed E-state index contributed by atoms with van der Waals surface area (Å²) in [4.78, 5) is 27.0. The van der Waals surface area contributed by atoms with Gasteiger partial charge >= 0.3 is 6.18 Å². The Hall–Kier alpha value is -3.28. The van der Waals surface area contributed by atoms with E-state index in [0.717, 1.165) is 16.7 Å². The van der Waals surface area contributed by atoms with Gasteiger partial charge in [0, 0.05) is 31.4 Å². The van der Waals surface area contributed by atoms with Crippen LogP contribution in [0.1, 0.15) is 28.4 Å². The van der Waals surface area contributed by atoms with Crippen molar-refractivity contribution in [1.82, 2.24) is 14.7 Å². The Morgan fingerprint density at radius 3 is 2.44 bits per heavy atom. The number of aromatic nitrogens is 2. The summed E-state index contributed by atoms with van der Waals surface area (Å²) in [5, 5.41) is 11.1. The molecular formula is C20H17F6N3O3. The first-order chi connectivity index (χ1) is 14.7. The lowest BCUT2D eigenvalue weighted by atomic mass is 10.1. The minimum atomic E-state index is -5.14. The van der Waals surface area contributed by atoms with Crippen LogP contribution in [0.2, 0.25) is 0 Å². The molecule has 12 heteroatoms. The number of aromatic amines is 1. The van der Waals surface area contributed by atoms with Gasteiger partial charge in [-0.3, -0.25) is 9.59 Å². The molecule has 172 valence electrons. The van der Waals surface area contributed by atoms with Gasteiger partial charge in [0.25, 0.3) is 17.4 Å². The molecule has 1 amide bonds. The quantitative estimate of drug-likeness (QED) is 0.509. The fourth-order valence-electron chi connectivity index (χ4n) is 3.04. The Kier molecular flexibility index (Phi) is 5.85. The number of aliphatic hydroxyl groups excluding tert-OH is 1. The maximum atomic E-state index is 13.9. The van der Waals surface area contributed by atoms with Crippen LogP contribution in [0.4, 0.5) is 26.3 Å². The van der Waals surface area contributed by atoms with Crippen molar-refractivity contribution in [2.45, 2.75) is 32.1 Å². The molecule has 0 aliphatic heterocycles. The maximum Gasteiger partial charge on any atom is 0.419 e. The molecule has 1 aromatic carbocycles. The lowest BCUT2D eigenvalue weighted by molar-refractivity contribution is -0.136. The Balaban J connectivity index is 2.11. The van der Waals surface area contributed by atoms with Gasteiger partial charge in [0.1, 0.15) is 17.4 Å². The van der Waals surface area contributed by atoms with Crippen LogP contribution in [0.5, 0.6) is 0 Å². The SMILES string of the molecule is Cc1ccc(-c2cn3cc(C(=O)NCC(O)C(C)(F)F)c(C(F)(F)F)c3c(=O)[nH]2)cc1F. The van der Waals surface area contributed by atoms with Crippen molar-refractivity contribution in [3.8, 4) is 11.3 Å². The monoisotopic (exact) mass is 461 g/mol. The molecule has 0 saturated carbocycles. The number of hydrogen-bond acceptors (Lipinski definition) is 3. The van der Waals surface area contributed by atoms with Gasteiger partial charge in [0.2, 0.25) is 0 Å². The normalized spacial score (nSPS) is 13.4. The fourth-order valence-corrected chi connectivity index (χ4v) is 3.04. The second-order valence-corrected chi connectivity index (χ2v) is 7.31. The lowest BCUT2D eigenvalue weighted by Gasteiger charge is -2.18. The number of amides is 1. The third-order valence-corrected chi connectivity index (χ3v) is 4.82. The molecule has 3 aromatic rings. The number of halogens is 6. The topological polar surface area (TPSA) is 86.6 Å². The van der Waals surface area contributed by atoms with E-state index < -0.39 is 58.7 Å². The number of fused-ring (bicyclic) bond motifs is 1. The van der Waals surface area contributed by atoms with Gasteiger partial charge < -0.3 is 19.8 Å². The number of H-pyrrole nitrogens is 1. The number of carbonyl (C=O) groups excluding carboxylic acids is 1. The van der Waals surface area contributed by atoms with E-state index in [1.54, 1.807) is 0 Å². The zero-order chi connectivity index (χ0) is 24.0. The van der Waals surface area contributed by atoms with Crippen molar-refractivity contribution >= 4 is 11.4 Å². The number of aryl methyl sites for hydroxylation is 1. The summed E-state index contributed by atoms with van der Waals surface area (Å²) in [5.74, 6) is -5.61. The first kappa shape index (κ1) is 23.4. The van der Waals surface area contributed by atoms with Crippen molar-refractivity contribution in [3.63, 3.8) is 0 Å². The minimum absolute atomic E-state index is 0.0156. The van der Waals surface area contributed by atoms with Gasteiger partial charge in [-0.2, -0.15) is 13.2 Å². The number of aliphatic hydroxyl groups is 1. The van der Waals surface area contributed by atoms with E-state index in [-0.39, 0.29) is 11.3 Å². The van der Waals surface area contributed by atoms with E-state index in [2.05, 4.69) is 4.98 Å². The van der Waals surface area contributed by atoms with Crippen LogP contribution < -0.4 is 10.9 Å². The molecule has 3 rings (SSSR count). The van der Waals surface area contributed by atoms with Crippen molar-refractivity contribution < 1.29 is 36.2 Å². The highest BCUT2D eigenvalue weighted by molar-refractivity contribution is 5.98. The number of carbonyl (C=O) groups is 1. The Morgan fingerprint density at radius 2 is 1.88 bits per heavy atom. The van der Waals surface area contributed by atoms with Crippen LogP contribution in [0, 0.1) is 12.7 Å². The minimum Gasteiger partial charge on any atom is -0.385 e. The van der Waals surface area contributed by atoms with Gasteiger partial charge in [-0.15, -0.1) is 0 Å². The standard InChI is InChI=1S/C20H17F6N3O3/c1-9-3-4-10(5-12(9)21)13-8-29-7-11(17(31)27-6-14(30)19(2,22)23)15(20(24,25)26)16(29)18(32)28-13/h3-5,7-8,14,30H,6H2,1-2H3,(H,27,31)(H,28,32). The molecule has 0 saturated heterocycles. The second kappa shape index (κ2) is 8.01. The van der Waals surface area contributed by atoms with Crippen molar-refractivity contribution in [2.75, 3.05) is 6.54 Å². The smallest absolute Gasteiger partial charge is 0.385 e. The molecule has 0 aliphatic carbocycles. The Morgan fingerprint density at radius 1 is 1.22 bits per heavy atom. The first-order valence-corrected chi connectivity index (χ1v) is 9.16. The molecule has 1 atom stereocenters. The summed E-state index contributed by atoms with van der Waals surface area (Å²) < 4.78 is 81.8. The van der Waals surface area contributed by atoms with E-state index in [9.17, 15) is 41.0 Å². The second-order valence-electron chi connectivity index (χ2n) is 7.31. The summed E-state index contributed by atoms with van der Waals surface area (Å²) in [5.41, 5.74) is -4.20. The van der Waals surface area contributed by atoms with Crippen LogP contribution >= 0.6 is 0 Å². The molecule has 0 aliphatic rings. The fraction of sp³-hybridized carbons (Fsp3) is 0.300. The van der Waals surface area contributed by atoms with Crippen molar-refractivity contribution in [1.29, 1.82) is 0 Å². The zero-order valence-electron chi connectivity index (χ0n) is 16.6. The summed E-state index contributed by atoms with van der Waals surface area (Å²) in [6.45, 7) is 0.867. The summed E-state index contributed by atoms with van der Waals surface area (Å²) >= 11 is 0. The predicted octanol–water partition coefficient (Wildman–Crippen LogP) is 3.51. The number of alkyl halides is 5. The molecule has 1 unspecified atom stereocenters. The first-order valence-electron chi connectivity index (χ1n) is 9.16. The molecule has 3 N–H and O–H groups in total. The zero-order valence-corrected chi connectivity index (χ0v) is 16.6.